The van der Waals surface area contributed by atoms with Gasteiger partial charge in [0.05, 0.1) is 6.61 Å². The summed E-state index contributed by atoms with van der Waals surface area (Å²) in [4.78, 5) is 3.83. The molecule has 0 atom stereocenters. The summed E-state index contributed by atoms with van der Waals surface area (Å²) >= 11 is 0. The highest BCUT2D eigenvalue weighted by molar-refractivity contribution is 5.37. The zero-order valence-electron chi connectivity index (χ0n) is 8.14. The SMILES string of the molecule is CCOc1cccc(NCC(F)(F)F)n1. The van der Waals surface area contributed by atoms with Crippen LogP contribution >= 0.6 is 0 Å². The summed E-state index contributed by atoms with van der Waals surface area (Å²) in [5.41, 5.74) is 0. The van der Waals surface area contributed by atoms with E-state index in [-0.39, 0.29) is 5.82 Å². The molecular formula is C9H11F3N2O. The summed E-state index contributed by atoms with van der Waals surface area (Å²) in [6.07, 6.45) is -4.25. The topological polar surface area (TPSA) is 34.1 Å². The van der Waals surface area contributed by atoms with Crippen molar-refractivity contribution in [3.05, 3.63) is 18.2 Å². The van der Waals surface area contributed by atoms with Crippen LogP contribution in [-0.2, 0) is 0 Å². The summed E-state index contributed by atoms with van der Waals surface area (Å²) in [5, 5.41) is 2.17. The maximum atomic E-state index is 11.9. The first kappa shape index (κ1) is 11.6. The van der Waals surface area contributed by atoms with Gasteiger partial charge < -0.3 is 10.1 Å². The molecule has 0 radical (unpaired) electrons. The lowest BCUT2D eigenvalue weighted by Gasteiger charge is -2.09. The van der Waals surface area contributed by atoms with Crippen molar-refractivity contribution in [2.45, 2.75) is 13.1 Å². The van der Waals surface area contributed by atoms with E-state index in [1.807, 2.05) is 0 Å². The Morgan fingerprint density at radius 2 is 2.13 bits per heavy atom. The van der Waals surface area contributed by atoms with Gasteiger partial charge in [-0.15, -0.1) is 0 Å². The number of hydrogen-bond acceptors (Lipinski definition) is 3. The number of nitrogens with one attached hydrogen (secondary N) is 1. The minimum atomic E-state index is -4.25. The zero-order chi connectivity index (χ0) is 11.3. The Hall–Kier alpha value is -1.46. The highest BCUT2D eigenvalue weighted by Gasteiger charge is 2.26. The van der Waals surface area contributed by atoms with Crippen molar-refractivity contribution in [2.24, 2.45) is 0 Å². The lowest BCUT2D eigenvalue weighted by molar-refractivity contribution is -0.115. The fourth-order valence-corrected chi connectivity index (χ4v) is 0.932. The second-order valence-corrected chi connectivity index (χ2v) is 2.76. The van der Waals surface area contributed by atoms with Gasteiger partial charge in [-0.2, -0.15) is 18.2 Å². The quantitative estimate of drug-likeness (QED) is 0.846. The van der Waals surface area contributed by atoms with E-state index in [9.17, 15) is 13.2 Å². The zero-order valence-corrected chi connectivity index (χ0v) is 8.14. The second-order valence-electron chi connectivity index (χ2n) is 2.76. The summed E-state index contributed by atoms with van der Waals surface area (Å²) in [6, 6.07) is 4.62. The van der Waals surface area contributed by atoms with Crippen molar-refractivity contribution in [2.75, 3.05) is 18.5 Å². The third-order valence-electron chi connectivity index (χ3n) is 1.49. The van der Waals surface area contributed by atoms with Crippen molar-refractivity contribution in [1.29, 1.82) is 0 Å². The van der Waals surface area contributed by atoms with Crippen molar-refractivity contribution in [3.8, 4) is 5.88 Å². The number of nitrogens with zero attached hydrogens (tertiary/aromatic N) is 1. The number of anilines is 1. The van der Waals surface area contributed by atoms with E-state index in [4.69, 9.17) is 4.74 Å². The Balaban J connectivity index is 2.57. The lowest BCUT2D eigenvalue weighted by atomic mass is 10.4. The van der Waals surface area contributed by atoms with E-state index in [2.05, 4.69) is 10.3 Å². The molecule has 0 amide bonds. The molecule has 1 aromatic heterocycles. The Morgan fingerprint density at radius 1 is 1.40 bits per heavy atom. The highest BCUT2D eigenvalue weighted by atomic mass is 19.4. The summed E-state index contributed by atoms with van der Waals surface area (Å²) in [5.74, 6) is 0.461. The van der Waals surface area contributed by atoms with Crippen LogP contribution in [0.4, 0.5) is 19.0 Å². The van der Waals surface area contributed by atoms with Crippen LogP contribution in [0.1, 0.15) is 6.92 Å². The summed E-state index contributed by atoms with van der Waals surface area (Å²) in [7, 11) is 0. The van der Waals surface area contributed by atoms with Gasteiger partial charge in [-0.3, -0.25) is 0 Å². The van der Waals surface area contributed by atoms with Gasteiger partial charge >= 0.3 is 6.18 Å². The number of alkyl halides is 3. The molecule has 0 bridgehead atoms. The number of rotatable bonds is 4. The molecular weight excluding hydrogens is 209 g/mol. The number of ether oxygens (including phenoxy) is 1. The van der Waals surface area contributed by atoms with Gasteiger partial charge in [0, 0.05) is 6.07 Å². The Kier molecular flexibility index (Phi) is 3.76. The fraction of sp³-hybridized carbons (Fsp3) is 0.444. The van der Waals surface area contributed by atoms with Crippen molar-refractivity contribution < 1.29 is 17.9 Å². The molecule has 84 valence electrons. The number of aromatic nitrogens is 1. The highest BCUT2D eigenvalue weighted by Crippen LogP contribution is 2.16. The minimum absolute atomic E-state index is 0.151. The van der Waals surface area contributed by atoms with Gasteiger partial charge in [0.1, 0.15) is 12.4 Å². The van der Waals surface area contributed by atoms with Crippen molar-refractivity contribution in [3.63, 3.8) is 0 Å². The van der Waals surface area contributed by atoms with Gasteiger partial charge in [-0.25, -0.2) is 0 Å². The first-order valence-corrected chi connectivity index (χ1v) is 4.42. The molecule has 0 spiro atoms. The third-order valence-corrected chi connectivity index (χ3v) is 1.49. The molecule has 0 saturated carbocycles. The fourth-order valence-electron chi connectivity index (χ4n) is 0.932. The Bertz CT molecular complexity index is 314. The van der Waals surface area contributed by atoms with Gasteiger partial charge in [-0.05, 0) is 13.0 Å². The van der Waals surface area contributed by atoms with Gasteiger partial charge in [-0.1, -0.05) is 6.07 Å². The standard InChI is InChI=1S/C9H11F3N2O/c1-2-15-8-5-3-4-7(14-8)13-6-9(10,11)12/h3-5H,2,6H2,1H3,(H,13,14). The van der Waals surface area contributed by atoms with Crippen LogP contribution in [0.5, 0.6) is 5.88 Å². The molecule has 0 aliphatic rings. The average Bonchev–Trinajstić information content (AvgIpc) is 2.15. The lowest BCUT2D eigenvalue weighted by Crippen LogP contribution is -2.21. The average molecular weight is 220 g/mol. The predicted octanol–water partition coefficient (Wildman–Crippen LogP) is 2.45. The van der Waals surface area contributed by atoms with Crippen LogP contribution in [-0.4, -0.2) is 24.3 Å². The molecule has 0 unspecified atom stereocenters. The molecule has 3 nitrogen and oxygen atoms in total. The van der Waals surface area contributed by atoms with E-state index in [0.717, 1.165) is 0 Å². The van der Waals surface area contributed by atoms with Crippen LogP contribution in [0.15, 0.2) is 18.2 Å². The predicted molar refractivity (Wildman–Crippen MR) is 50.0 cm³/mol. The largest absolute Gasteiger partial charge is 0.478 e. The molecule has 15 heavy (non-hydrogen) atoms. The molecule has 1 N–H and O–H groups in total. The monoisotopic (exact) mass is 220 g/mol. The number of halogens is 3. The first-order chi connectivity index (χ1) is 7.01. The smallest absolute Gasteiger partial charge is 0.405 e. The molecule has 0 saturated heterocycles. The molecule has 1 aromatic rings. The van der Waals surface area contributed by atoms with Crippen LogP contribution in [0.3, 0.4) is 0 Å². The molecule has 0 fully saturated rings. The molecule has 0 aromatic carbocycles. The number of hydrogen-bond donors (Lipinski definition) is 1. The second kappa shape index (κ2) is 4.86. The van der Waals surface area contributed by atoms with Crippen LogP contribution < -0.4 is 10.1 Å². The summed E-state index contributed by atoms with van der Waals surface area (Å²) in [6.45, 7) is 1.10. The van der Waals surface area contributed by atoms with Crippen molar-refractivity contribution >= 4 is 5.82 Å². The maximum absolute atomic E-state index is 11.9. The van der Waals surface area contributed by atoms with Gasteiger partial charge in [0.15, 0.2) is 0 Å². The van der Waals surface area contributed by atoms with E-state index in [0.29, 0.717) is 12.5 Å². The molecule has 1 heterocycles. The van der Waals surface area contributed by atoms with Gasteiger partial charge in [0.2, 0.25) is 5.88 Å². The molecule has 6 heteroatoms. The number of pyridine rings is 1. The minimum Gasteiger partial charge on any atom is -0.478 e. The first-order valence-electron chi connectivity index (χ1n) is 4.42. The molecule has 0 aliphatic heterocycles. The van der Waals surface area contributed by atoms with Crippen molar-refractivity contribution in [1.82, 2.24) is 4.98 Å². The van der Waals surface area contributed by atoms with Crippen LogP contribution in [0, 0.1) is 0 Å². The van der Waals surface area contributed by atoms with E-state index < -0.39 is 12.7 Å². The Labute approximate surface area is 85.3 Å². The van der Waals surface area contributed by atoms with Crippen LogP contribution in [0.2, 0.25) is 0 Å². The Morgan fingerprint density at radius 3 is 2.73 bits per heavy atom. The van der Waals surface area contributed by atoms with E-state index >= 15 is 0 Å². The van der Waals surface area contributed by atoms with E-state index in [1.54, 1.807) is 19.1 Å². The summed E-state index contributed by atoms with van der Waals surface area (Å²) < 4.78 is 40.7. The third kappa shape index (κ3) is 4.53. The maximum Gasteiger partial charge on any atom is 0.405 e. The van der Waals surface area contributed by atoms with Gasteiger partial charge in [0.25, 0.3) is 0 Å². The molecule has 1 rings (SSSR count). The van der Waals surface area contributed by atoms with E-state index in [1.165, 1.54) is 6.07 Å². The van der Waals surface area contributed by atoms with Crippen LogP contribution in [0.25, 0.3) is 0 Å². The molecule has 0 aliphatic carbocycles. The normalized spacial score (nSPS) is 11.2.